The number of benzene rings is 2. The number of rotatable bonds is 2. The van der Waals surface area contributed by atoms with Crippen LogP contribution in [-0.2, 0) is 0 Å². The normalized spacial score (nSPS) is 11.1. The summed E-state index contributed by atoms with van der Waals surface area (Å²) in [6.45, 7) is 0. The van der Waals surface area contributed by atoms with E-state index in [0.717, 1.165) is 38.8 Å². The van der Waals surface area contributed by atoms with Crippen LogP contribution in [-0.4, -0.2) is 17.1 Å². The predicted octanol–water partition coefficient (Wildman–Crippen LogP) is 3.69. The summed E-state index contributed by atoms with van der Waals surface area (Å²) in [6.07, 6.45) is 0. The summed E-state index contributed by atoms with van der Waals surface area (Å²) >= 11 is 0. The lowest BCUT2D eigenvalue weighted by atomic mass is 10.0. The Morgan fingerprint density at radius 2 is 1.77 bits per heavy atom. The Hall–Kier alpha value is -3.01. The molecule has 0 radical (unpaired) electrons. The number of para-hydroxylation sites is 1. The van der Waals surface area contributed by atoms with Crippen molar-refractivity contribution in [2.75, 3.05) is 7.11 Å². The molecule has 0 unspecified atom stereocenters. The van der Waals surface area contributed by atoms with Crippen molar-refractivity contribution in [1.82, 2.24) is 9.97 Å². The molecule has 0 atom stereocenters. The number of methoxy groups -OCH3 is 1. The number of pyridine rings is 1. The first-order valence-corrected chi connectivity index (χ1v) is 7.04. The minimum atomic E-state index is -0.116. The average molecular weight is 290 g/mol. The first kappa shape index (κ1) is 12.7. The van der Waals surface area contributed by atoms with E-state index < -0.39 is 0 Å². The number of aromatic amines is 2. The van der Waals surface area contributed by atoms with Gasteiger partial charge in [0.25, 0.3) is 0 Å². The maximum absolute atomic E-state index is 12.1. The summed E-state index contributed by atoms with van der Waals surface area (Å²) in [5.74, 6) is 0.766. The van der Waals surface area contributed by atoms with Crippen LogP contribution in [0.15, 0.2) is 59.4 Å². The molecule has 4 rings (SSSR count). The summed E-state index contributed by atoms with van der Waals surface area (Å²) in [5.41, 5.74) is 4.46. The molecule has 108 valence electrons. The van der Waals surface area contributed by atoms with E-state index in [1.54, 1.807) is 13.2 Å². The summed E-state index contributed by atoms with van der Waals surface area (Å²) in [6, 6.07) is 17.3. The predicted molar refractivity (Wildman–Crippen MR) is 88.4 cm³/mol. The molecule has 0 saturated heterocycles. The van der Waals surface area contributed by atoms with E-state index in [9.17, 15) is 4.79 Å². The maximum atomic E-state index is 12.1. The molecule has 4 nitrogen and oxygen atoms in total. The van der Waals surface area contributed by atoms with Gasteiger partial charge in [0.05, 0.1) is 18.1 Å². The molecule has 0 fully saturated rings. The van der Waals surface area contributed by atoms with E-state index in [1.807, 2.05) is 48.5 Å². The van der Waals surface area contributed by atoms with Crippen LogP contribution in [0, 0.1) is 0 Å². The number of H-pyrrole nitrogens is 2. The van der Waals surface area contributed by atoms with Crippen molar-refractivity contribution in [2.24, 2.45) is 0 Å². The second-order valence-corrected chi connectivity index (χ2v) is 5.20. The van der Waals surface area contributed by atoms with Crippen molar-refractivity contribution in [3.05, 3.63) is 65.0 Å². The molecule has 0 spiro atoms. The van der Waals surface area contributed by atoms with E-state index in [-0.39, 0.29) is 5.56 Å². The van der Waals surface area contributed by atoms with Crippen LogP contribution in [0.1, 0.15) is 0 Å². The first-order chi connectivity index (χ1) is 10.8. The zero-order valence-corrected chi connectivity index (χ0v) is 12.0. The lowest BCUT2D eigenvalue weighted by Gasteiger charge is -2.06. The van der Waals surface area contributed by atoms with E-state index in [1.165, 1.54) is 0 Å². The molecule has 0 saturated carbocycles. The Kier molecular flexibility index (Phi) is 2.76. The Bertz CT molecular complexity index is 1040. The molecule has 0 aliphatic carbocycles. The molecule has 4 aromatic rings. The first-order valence-electron chi connectivity index (χ1n) is 7.04. The van der Waals surface area contributed by atoms with E-state index >= 15 is 0 Å². The molecule has 4 heteroatoms. The third-order valence-electron chi connectivity index (χ3n) is 3.88. The highest BCUT2D eigenvalue weighted by Gasteiger charge is 2.11. The van der Waals surface area contributed by atoms with Gasteiger partial charge in [-0.3, -0.25) is 4.79 Å². The van der Waals surface area contributed by atoms with E-state index in [4.69, 9.17) is 4.74 Å². The van der Waals surface area contributed by atoms with E-state index in [0.29, 0.717) is 0 Å². The van der Waals surface area contributed by atoms with Gasteiger partial charge in [0.1, 0.15) is 5.75 Å². The Labute approximate surface area is 126 Å². The second kappa shape index (κ2) is 4.77. The number of fused-ring (bicyclic) bond motifs is 3. The lowest BCUT2D eigenvalue weighted by Crippen LogP contribution is -2.04. The van der Waals surface area contributed by atoms with Crippen molar-refractivity contribution in [2.45, 2.75) is 0 Å². The fourth-order valence-electron chi connectivity index (χ4n) is 2.85. The van der Waals surface area contributed by atoms with Gasteiger partial charge in [-0.25, -0.2) is 0 Å². The lowest BCUT2D eigenvalue weighted by molar-refractivity contribution is 0.415. The van der Waals surface area contributed by atoms with Crippen molar-refractivity contribution in [3.8, 4) is 16.9 Å². The van der Waals surface area contributed by atoms with Gasteiger partial charge >= 0.3 is 0 Å². The van der Waals surface area contributed by atoms with Crippen LogP contribution in [0.25, 0.3) is 33.1 Å². The molecule has 2 aromatic carbocycles. The van der Waals surface area contributed by atoms with Crippen LogP contribution in [0.4, 0.5) is 0 Å². The molecule has 2 aromatic heterocycles. The SMILES string of the molecule is COc1cccc(-c2cc(=O)[nH]c3c2[nH]c2ccccc23)c1. The highest BCUT2D eigenvalue weighted by molar-refractivity contribution is 6.09. The van der Waals surface area contributed by atoms with Gasteiger partial charge < -0.3 is 14.7 Å². The molecule has 2 heterocycles. The van der Waals surface area contributed by atoms with Gasteiger partial charge in [-0.15, -0.1) is 0 Å². The number of ether oxygens (including phenoxy) is 1. The highest BCUT2D eigenvalue weighted by atomic mass is 16.5. The minimum absolute atomic E-state index is 0.116. The van der Waals surface area contributed by atoms with Crippen molar-refractivity contribution >= 4 is 21.9 Å². The average Bonchev–Trinajstić information content (AvgIpc) is 2.93. The number of hydrogen-bond donors (Lipinski definition) is 2. The smallest absolute Gasteiger partial charge is 0.249 e. The number of hydrogen-bond acceptors (Lipinski definition) is 2. The van der Waals surface area contributed by atoms with Gasteiger partial charge in [-0.1, -0.05) is 30.3 Å². The van der Waals surface area contributed by atoms with Crippen molar-refractivity contribution in [1.29, 1.82) is 0 Å². The highest BCUT2D eigenvalue weighted by Crippen LogP contribution is 2.31. The Morgan fingerprint density at radius 3 is 2.64 bits per heavy atom. The van der Waals surface area contributed by atoms with E-state index in [2.05, 4.69) is 9.97 Å². The molecule has 2 N–H and O–H groups in total. The number of nitrogens with one attached hydrogen (secondary N) is 2. The zero-order valence-electron chi connectivity index (χ0n) is 12.0. The van der Waals surface area contributed by atoms with Crippen LogP contribution in [0.5, 0.6) is 5.75 Å². The zero-order chi connectivity index (χ0) is 15.1. The Morgan fingerprint density at radius 1 is 0.909 bits per heavy atom. The van der Waals surface area contributed by atoms with Gasteiger partial charge in [0, 0.05) is 22.5 Å². The topological polar surface area (TPSA) is 57.9 Å². The van der Waals surface area contributed by atoms with Crippen molar-refractivity contribution < 1.29 is 4.74 Å². The van der Waals surface area contributed by atoms with Crippen molar-refractivity contribution in [3.63, 3.8) is 0 Å². The Balaban J connectivity index is 2.10. The molecule has 0 aliphatic rings. The standard InChI is InChI=1S/C18H14N2O2/c1-22-12-6-4-5-11(9-12)14-10-16(21)20-17-13-7-2-3-8-15(13)19-18(14)17/h2-10,19H,1H3,(H,20,21). The number of aromatic nitrogens is 2. The molecule has 0 bridgehead atoms. The van der Waals surface area contributed by atoms with Crippen LogP contribution < -0.4 is 10.3 Å². The van der Waals surface area contributed by atoms with Crippen LogP contribution >= 0.6 is 0 Å². The third-order valence-corrected chi connectivity index (χ3v) is 3.88. The second-order valence-electron chi connectivity index (χ2n) is 5.20. The minimum Gasteiger partial charge on any atom is -0.497 e. The summed E-state index contributed by atoms with van der Waals surface area (Å²) < 4.78 is 5.28. The van der Waals surface area contributed by atoms with Gasteiger partial charge in [0.15, 0.2) is 0 Å². The monoisotopic (exact) mass is 290 g/mol. The van der Waals surface area contributed by atoms with Crippen LogP contribution in [0.2, 0.25) is 0 Å². The summed E-state index contributed by atoms with van der Waals surface area (Å²) in [5, 5.41) is 1.01. The van der Waals surface area contributed by atoms with Gasteiger partial charge in [-0.05, 0) is 23.8 Å². The fraction of sp³-hybridized carbons (Fsp3) is 0.0556. The molecular formula is C18H14N2O2. The molecular weight excluding hydrogens is 276 g/mol. The molecule has 0 aliphatic heterocycles. The summed E-state index contributed by atoms with van der Waals surface area (Å²) in [4.78, 5) is 18.4. The van der Waals surface area contributed by atoms with Crippen LogP contribution in [0.3, 0.4) is 0 Å². The summed E-state index contributed by atoms with van der Waals surface area (Å²) in [7, 11) is 1.63. The third kappa shape index (κ3) is 1.89. The van der Waals surface area contributed by atoms with Gasteiger partial charge in [0.2, 0.25) is 5.56 Å². The maximum Gasteiger partial charge on any atom is 0.249 e. The molecule has 22 heavy (non-hydrogen) atoms. The molecule has 0 amide bonds. The van der Waals surface area contributed by atoms with Gasteiger partial charge in [-0.2, -0.15) is 0 Å². The largest absolute Gasteiger partial charge is 0.497 e. The quantitative estimate of drug-likeness (QED) is 0.591. The fourth-order valence-corrected chi connectivity index (χ4v) is 2.85.